The zero-order valence-corrected chi connectivity index (χ0v) is 25.7. The number of dihydropyridines is 1. The number of nitro benzene ring substituents is 1. The van der Waals surface area contributed by atoms with Gasteiger partial charge >= 0.3 is 18.0 Å². The second-order valence-electron chi connectivity index (χ2n) is 9.89. The lowest BCUT2D eigenvalue weighted by Gasteiger charge is -2.30. The number of nitro groups is 1. The number of non-ortho nitro benzene ring substituents is 1. The van der Waals surface area contributed by atoms with E-state index in [0.717, 1.165) is 0 Å². The Balaban J connectivity index is 1.45. The number of para-hydroxylation sites is 1. The number of rotatable bonds is 14. The topological polar surface area (TPSA) is 188 Å². The molecule has 0 bridgehead atoms. The average Bonchev–Trinajstić information content (AvgIpc) is 3.04. The minimum absolute atomic E-state index is 0.0637. The zero-order chi connectivity index (χ0) is 33.5. The van der Waals surface area contributed by atoms with Crippen LogP contribution in [0.1, 0.15) is 25.3 Å². The van der Waals surface area contributed by atoms with Gasteiger partial charge in [0.15, 0.2) is 13.2 Å². The van der Waals surface area contributed by atoms with E-state index in [2.05, 4.69) is 27.8 Å². The maximum absolute atomic E-state index is 13.2. The molecule has 0 aromatic heterocycles. The molecule has 0 fully saturated rings. The highest BCUT2D eigenvalue weighted by Crippen LogP contribution is 2.40. The van der Waals surface area contributed by atoms with Gasteiger partial charge in [0, 0.05) is 43.2 Å². The Morgan fingerprint density at radius 3 is 2.33 bits per heavy atom. The van der Waals surface area contributed by atoms with Crippen molar-refractivity contribution in [2.75, 3.05) is 46.6 Å². The molecule has 46 heavy (non-hydrogen) atoms. The van der Waals surface area contributed by atoms with E-state index in [0.29, 0.717) is 29.3 Å². The predicted octanol–water partition coefficient (Wildman–Crippen LogP) is 2.30. The fourth-order valence-electron chi connectivity index (χ4n) is 4.52. The first-order valence-corrected chi connectivity index (χ1v) is 14.2. The number of amides is 1. The number of benzene rings is 2. The summed E-state index contributed by atoms with van der Waals surface area (Å²) < 4.78 is 20.7. The summed E-state index contributed by atoms with van der Waals surface area (Å²) in [6.45, 7) is 3.66. The standard InChI is InChI=1S/C32H36N4O10/c1-21-27(30(38)43-3)29(23-10-9-11-24(18-23)36(41)42)28(22(2)35-21)31(39)44-16-7-8-17-45-32(40)34-15-14-33-19-25(37)20-46-26-12-5-4-6-13-26/h4-6,9-13,18,25,29,33,35,37H,14-17,19-20H2,1-3H3,(H,34,40). The Morgan fingerprint density at radius 1 is 0.978 bits per heavy atom. The van der Waals surface area contributed by atoms with E-state index in [-0.39, 0.29) is 49.7 Å². The van der Waals surface area contributed by atoms with Gasteiger partial charge in [-0.05, 0) is 31.5 Å². The molecule has 0 saturated heterocycles. The number of alkyl carbamates (subject to hydrolysis) is 1. The van der Waals surface area contributed by atoms with Crippen LogP contribution in [0.2, 0.25) is 0 Å². The number of carbonyl (C=O) groups excluding carboxylic acids is 3. The predicted molar refractivity (Wildman–Crippen MR) is 165 cm³/mol. The van der Waals surface area contributed by atoms with E-state index in [1.807, 2.05) is 18.2 Å². The Hall–Kier alpha value is -5.39. The highest BCUT2D eigenvalue weighted by molar-refractivity contribution is 6.00. The Labute approximate surface area is 265 Å². The minimum atomic E-state index is -0.999. The summed E-state index contributed by atoms with van der Waals surface area (Å²) >= 11 is 0. The maximum Gasteiger partial charge on any atom is 0.408 e. The molecule has 0 radical (unpaired) electrons. The molecular weight excluding hydrogens is 600 g/mol. The number of carbonyl (C=O) groups is 3. The van der Waals surface area contributed by atoms with Crippen molar-refractivity contribution in [2.45, 2.75) is 25.9 Å². The average molecular weight is 637 g/mol. The van der Waals surface area contributed by atoms with Gasteiger partial charge in [0.25, 0.3) is 5.69 Å². The van der Waals surface area contributed by atoms with Crippen molar-refractivity contribution in [1.82, 2.24) is 16.0 Å². The summed E-state index contributed by atoms with van der Waals surface area (Å²) in [5.74, 6) is 3.31. The van der Waals surface area contributed by atoms with E-state index >= 15 is 0 Å². The van der Waals surface area contributed by atoms with Crippen LogP contribution in [0, 0.1) is 22.0 Å². The largest absolute Gasteiger partial charge is 0.491 e. The number of allylic oxidation sites excluding steroid dienone is 2. The molecule has 0 spiro atoms. The number of esters is 2. The van der Waals surface area contributed by atoms with Crippen LogP contribution in [0.15, 0.2) is 77.1 Å². The molecule has 2 aromatic rings. The zero-order valence-electron chi connectivity index (χ0n) is 25.7. The van der Waals surface area contributed by atoms with Gasteiger partial charge in [0.1, 0.15) is 18.5 Å². The molecule has 2 unspecified atom stereocenters. The molecule has 3 rings (SSSR count). The van der Waals surface area contributed by atoms with Crippen LogP contribution in [0.25, 0.3) is 0 Å². The number of aliphatic hydroxyl groups is 1. The normalized spacial score (nSPS) is 14.7. The number of ether oxygens (including phenoxy) is 4. The molecule has 1 heterocycles. The van der Waals surface area contributed by atoms with Crippen molar-refractivity contribution in [3.63, 3.8) is 0 Å². The van der Waals surface area contributed by atoms with Crippen molar-refractivity contribution in [1.29, 1.82) is 0 Å². The lowest BCUT2D eigenvalue weighted by molar-refractivity contribution is -0.384. The number of nitrogens with one attached hydrogen (secondary N) is 3. The van der Waals surface area contributed by atoms with Crippen LogP contribution in [0.3, 0.4) is 0 Å². The second kappa shape index (κ2) is 17.8. The first-order valence-electron chi connectivity index (χ1n) is 14.2. The number of methoxy groups -OCH3 is 1. The molecule has 0 saturated carbocycles. The highest BCUT2D eigenvalue weighted by Gasteiger charge is 2.38. The molecule has 14 heteroatoms. The Kier molecular flexibility index (Phi) is 13.6. The summed E-state index contributed by atoms with van der Waals surface area (Å²) in [4.78, 5) is 48.6. The van der Waals surface area contributed by atoms with Gasteiger partial charge in [-0.15, -0.1) is 0 Å². The van der Waals surface area contributed by atoms with Crippen molar-refractivity contribution >= 4 is 23.7 Å². The Bertz CT molecular complexity index is 1530. The van der Waals surface area contributed by atoms with Crippen LogP contribution >= 0.6 is 0 Å². The highest BCUT2D eigenvalue weighted by atomic mass is 16.6. The van der Waals surface area contributed by atoms with Crippen molar-refractivity contribution < 1.29 is 43.4 Å². The van der Waals surface area contributed by atoms with Crippen molar-refractivity contribution in [3.8, 4) is 17.6 Å². The minimum Gasteiger partial charge on any atom is -0.491 e. The third-order valence-electron chi connectivity index (χ3n) is 6.61. The molecule has 4 N–H and O–H groups in total. The maximum atomic E-state index is 13.2. The fourth-order valence-corrected chi connectivity index (χ4v) is 4.52. The van der Waals surface area contributed by atoms with E-state index < -0.39 is 35.0 Å². The summed E-state index contributed by atoms with van der Waals surface area (Å²) in [6, 6.07) is 14.8. The lowest BCUT2D eigenvalue weighted by atomic mass is 9.80. The number of hydrogen-bond donors (Lipinski definition) is 4. The molecule has 1 amide bonds. The van der Waals surface area contributed by atoms with Gasteiger partial charge in [0.2, 0.25) is 0 Å². The lowest BCUT2D eigenvalue weighted by Crippen LogP contribution is -2.37. The van der Waals surface area contributed by atoms with Crippen LogP contribution in [0.5, 0.6) is 5.75 Å². The third-order valence-corrected chi connectivity index (χ3v) is 6.61. The number of hydrogen-bond acceptors (Lipinski definition) is 12. The smallest absolute Gasteiger partial charge is 0.408 e. The first kappa shape index (κ1) is 35.1. The van der Waals surface area contributed by atoms with E-state index in [9.17, 15) is 29.6 Å². The fraction of sp³-hybridized carbons (Fsp3) is 0.344. The molecule has 14 nitrogen and oxygen atoms in total. The van der Waals surface area contributed by atoms with Gasteiger partial charge in [-0.1, -0.05) is 42.2 Å². The van der Waals surface area contributed by atoms with Crippen molar-refractivity contribution in [2.24, 2.45) is 0 Å². The number of aliphatic hydroxyl groups excluding tert-OH is 1. The quantitative estimate of drug-likeness (QED) is 0.0593. The molecule has 244 valence electrons. The molecule has 2 aromatic carbocycles. The van der Waals surface area contributed by atoms with Crippen LogP contribution < -0.4 is 20.7 Å². The molecule has 1 aliphatic heterocycles. The monoisotopic (exact) mass is 636 g/mol. The summed E-state index contributed by atoms with van der Waals surface area (Å²) in [6.07, 6.45) is -1.43. The second-order valence-corrected chi connectivity index (χ2v) is 9.89. The van der Waals surface area contributed by atoms with Gasteiger partial charge in [-0.2, -0.15) is 0 Å². The van der Waals surface area contributed by atoms with Gasteiger partial charge in [0.05, 0.1) is 29.1 Å². The Morgan fingerprint density at radius 2 is 1.65 bits per heavy atom. The number of nitrogens with zero attached hydrogens (tertiary/aromatic N) is 1. The van der Waals surface area contributed by atoms with Crippen LogP contribution in [-0.4, -0.2) is 80.7 Å². The van der Waals surface area contributed by atoms with E-state index in [1.165, 1.54) is 25.3 Å². The van der Waals surface area contributed by atoms with Crippen LogP contribution in [-0.2, 0) is 23.8 Å². The SMILES string of the molecule is COC(=O)C1=C(C)NC(C)=C(C(=O)OCC#CCOC(=O)NCCNCC(O)COc2ccccc2)C1c1cccc([N+](=O)[O-])c1. The molecule has 2 atom stereocenters. The van der Waals surface area contributed by atoms with Crippen molar-refractivity contribution in [3.05, 3.63) is 92.8 Å². The first-order chi connectivity index (χ1) is 22.1. The van der Waals surface area contributed by atoms with Gasteiger partial charge in [-0.3, -0.25) is 10.1 Å². The van der Waals surface area contributed by atoms with E-state index in [4.69, 9.17) is 18.9 Å². The summed E-state index contributed by atoms with van der Waals surface area (Å²) in [5.41, 5.74) is 1.11. The molecule has 1 aliphatic rings. The molecule has 0 aliphatic carbocycles. The summed E-state index contributed by atoms with van der Waals surface area (Å²) in [7, 11) is 1.20. The van der Waals surface area contributed by atoms with E-state index in [1.54, 1.807) is 32.0 Å². The van der Waals surface area contributed by atoms with Gasteiger partial charge in [-0.25, -0.2) is 14.4 Å². The molecular formula is C32H36N4O10. The van der Waals surface area contributed by atoms with Gasteiger partial charge < -0.3 is 40.0 Å². The third kappa shape index (κ3) is 10.4. The van der Waals surface area contributed by atoms with Crippen LogP contribution in [0.4, 0.5) is 10.5 Å². The summed E-state index contributed by atoms with van der Waals surface area (Å²) in [5, 5.41) is 29.9.